The fraction of sp³-hybridized carbons (Fsp3) is 0.314. The summed E-state index contributed by atoms with van der Waals surface area (Å²) in [5.74, 6) is 1.63. The van der Waals surface area contributed by atoms with Crippen molar-refractivity contribution in [3.63, 3.8) is 0 Å². The Bertz CT molecular complexity index is 1810. The Morgan fingerprint density at radius 3 is 2.25 bits per heavy atom. The molecule has 3 aliphatic rings. The number of aromatic nitrogens is 2. The molecule has 4 aromatic rings. The average molecular weight is 651 g/mol. The van der Waals surface area contributed by atoms with E-state index >= 15 is 0 Å². The molecule has 3 aromatic carbocycles. The van der Waals surface area contributed by atoms with E-state index in [1.165, 1.54) is 0 Å². The van der Waals surface area contributed by atoms with Gasteiger partial charge in [-0.3, -0.25) is 9.36 Å². The van der Waals surface area contributed by atoms with Crippen molar-refractivity contribution in [3.8, 4) is 11.5 Å². The van der Waals surface area contributed by atoms with Crippen LogP contribution in [0.3, 0.4) is 0 Å². The molecule has 13 nitrogen and oxygen atoms in total. The van der Waals surface area contributed by atoms with E-state index < -0.39 is 36.2 Å². The number of hydrogen-bond acceptors (Lipinski definition) is 9. The smallest absolute Gasteiger partial charge is 0.276 e. The van der Waals surface area contributed by atoms with Crippen LogP contribution in [0.1, 0.15) is 39.8 Å². The van der Waals surface area contributed by atoms with E-state index in [9.17, 15) is 9.90 Å². The average Bonchev–Trinajstić information content (AvgIpc) is 3.67. The number of imidazole rings is 1. The minimum Gasteiger partial charge on any atom is -0.457 e. The molecular weight excluding hydrogens is 612 g/mol. The first-order valence-corrected chi connectivity index (χ1v) is 15.7. The Balaban J connectivity index is 1.32. The first kappa shape index (κ1) is 31.4. The maximum Gasteiger partial charge on any atom is 0.276 e. The number of hydrogen-bond donors (Lipinski definition) is 3. The third-order valence-electron chi connectivity index (χ3n) is 8.41. The number of amides is 1. The first-order chi connectivity index (χ1) is 23.3. The molecule has 248 valence electrons. The van der Waals surface area contributed by atoms with Crippen molar-refractivity contribution in [2.24, 2.45) is 9.98 Å². The molecule has 0 radical (unpaired) electrons. The number of aliphatic imine (C=N–C) groups is 2. The van der Waals surface area contributed by atoms with E-state index in [2.05, 4.69) is 25.6 Å². The number of anilines is 1. The lowest BCUT2D eigenvalue weighted by Crippen LogP contribution is -2.45. The number of aliphatic hydroxyl groups is 1. The highest BCUT2D eigenvalue weighted by Crippen LogP contribution is 2.54. The van der Waals surface area contributed by atoms with Gasteiger partial charge in [-0.2, -0.15) is 0 Å². The topological polar surface area (TPSA) is 138 Å². The molecule has 7 rings (SSSR count). The van der Waals surface area contributed by atoms with Gasteiger partial charge in [-0.1, -0.05) is 66.7 Å². The Labute approximate surface area is 278 Å². The zero-order chi connectivity index (χ0) is 33.4. The number of fused-ring (bicyclic) bond motifs is 3. The SMILES string of the molecule is CN(C)C=Nc1nc2c(n1[C@H]1CC(OC3(c4ccccc4)c4ccccc4Oc4ccccc43)[C@@H](CO)O1)NC(N=CN(C)C)NC2=O. The zero-order valence-corrected chi connectivity index (χ0v) is 27.1. The third kappa shape index (κ3) is 5.55. The van der Waals surface area contributed by atoms with Crippen LogP contribution >= 0.6 is 0 Å². The predicted octanol–water partition coefficient (Wildman–Crippen LogP) is 3.90. The minimum atomic E-state index is -1.09. The Kier molecular flexibility index (Phi) is 8.33. The van der Waals surface area contributed by atoms with Gasteiger partial charge in [0.1, 0.15) is 29.6 Å². The van der Waals surface area contributed by atoms with Gasteiger partial charge in [-0.15, -0.1) is 0 Å². The molecule has 2 unspecified atom stereocenters. The highest BCUT2D eigenvalue weighted by atomic mass is 16.6. The van der Waals surface area contributed by atoms with Gasteiger partial charge >= 0.3 is 0 Å². The normalized spacial score (nSPS) is 22.4. The van der Waals surface area contributed by atoms with E-state index in [1.54, 1.807) is 27.0 Å². The van der Waals surface area contributed by atoms with Gasteiger partial charge in [0.05, 0.1) is 25.4 Å². The van der Waals surface area contributed by atoms with Gasteiger partial charge in [0, 0.05) is 45.7 Å². The van der Waals surface area contributed by atoms with E-state index in [1.807, 2.05) is 107 Å². The number of aliphatic hydroxyl groups excluding tert-OH is 1. The molecule has 3 aliphatic heterocycles. The van der Waals surface area contributed by atoms with Gasteiger partial charge in [0.2, 0.25) is 5.95 Å². The quantitative estimate of drug-likeness (QED) is 0.182. The van der Waals surface area contributed by atoms with Crippen molar-refractivity contribution in [3.05, 3.63) is 101 Å². The monoisotopic (exact) mass is 650 g/mol. The summed E-state index contributed by atoms with van der Waals surface area (Å²) < 4.78 is 22.0. The van der Waals surface area contributed by atoms with Crippen LogP contribution in [0, 0.1) is 0 Å². The molecule has 0 saturated carbocycles. The lowest BCUT2D eigenvalue weighted by Gasteiger charge is -2.42. The van der Waals surface area contributed by atoms with Crippen LogP contribution in [0.5, 0.6) is 11.5 Å². The van der Waals surface area contributed by atoms with Crippen molar-refractivity contribution in [2.75, 3.05) is 40.1 Å². The summed E-state index contributed by atoms with van der Waals surface area (Å²) in [6.07, 6.45) is 0.757. The molecule has 1 amide bonds. The lowest BCUT2D eigenvalue weighted by molar-refractivity contribution is -0.101. The van der Waals surface area contributed by atoms with E-state index in [-0.39, 0.29) is 18.2 Å². The standard InChI is InChI=1S/C35H38N8O5/c1-41(2)20-36-33-39-31-30(32(45)40-33)38-34(37-21-42(3)4)43(31)29-18-27(28(19-44)47-29)48-35(22-12-6-5-7-13-22)23-14-8-10-16-25(23)46-26-17-11-9-15-24(26)35/h5-17,20-21,27-29,33,39,44H,18-19H2,1-4H3,(H,40,45)/t27?,28-,29-,33?/m1/s1. The van der Waals surface area contributed by atoms with Crippen LogP contribution in [0.15, 0.2) is 88.8 Å². The first-order valence-electron chi connectivity index (χ1n) is 15.7. The fourth-order valence-corrected chi connectivity index (χ4v) is 6.39. The molecule has 48 heavy (non-hydrogen) atoms. The number of benzene rings is 3. The van der Waals surface area contributed by atoms with Gasteiger partial charge in [0.25, 0.3) is 5.91 Å². The largest absolute Gasteiger partial charge is 0.457 e. The van der Waals surface area contributed by atoms with Crippen molar-refractivity contribution < 1.29 is 24.1 Å². The van der Waals surface area contributed by atoms with Crippen LogP contribution in [-0.4, -0.2) is 96.3 Å². The second-order valence-electron chi connectivity index (χ2n) is 12.3. The Morgan fingerprint density at radius 2 is 1.60 bits per heavy atom. The highest BCUT2D eigenvalue weighted by molar-refractivity contribution is 6.00. The van der Waals surface area contributed by atoms with Crippen LogP contribution in [-0.2, 0) is 15.1 Å². The van der Waals surface area contributed by atoms with Gasteiger partial charge in [0.15, 0.2) is 17.6 Å². The molecule has 0 aliphatic carbocycles. The molecule has 13 heteroatoms. The molecular formula is C35H38N8O5. The summed E-state index contributed by atoms with van der Waals surface area (Å²) >= 11 is 0. The maximum atomic E-state index is 13.2. The predicted molar refractivity (Wildman–Crippen MR) is 181 cm³/mol. The molecule has 4 atom stereocenters. The number of ether oxygens (including phenoxy) is 3. The molecule has 1 fully saturated rings. The van der Waals surface area contributed by atoms with Crippen molar-refractivity contribution in [1.82, 2.24) is 24.7 Å². The number of rotatable bonds is 9. The summed E-state index contributed by atoms with van der Waals surface area (Å²) in [6, 6.07) is 25.7. The fourth-order valence-electron chi connectivity index (χ4n) is 6.39. The summed E-state index contributed by atoms with van der Waals surface area (Å²) in [4.78, 5) is 30.4. The minimum absolute atomic E-state index is 0.166. The van der Waals surface area contributed by atoms with Crippen molar-refractivity contribution in [1.29, 1.82) is 0 Å². The van der Waals surface area contributed by atoms with E-state index in [4.69, 9.17) is 14.2 Å². The molecule has 0 spiro atoms. The van der Waals surface area contributed by atoms with Gasteiger partial charge < -0.3 is 39.8 Å². The summed E-state index contributed by atoms with van der Waals surface area (Å²) in [7, 11) is 7.38. The van der Waals surface area contributed by atoms with Crippen LogP contribution < -0.4 is 15.4 Å². The van der Waals surface area contributed by atoms with Gasteiger partial charge in [-0.05, 0) is 17.7 Å². The third-order valence-corrected chi connectivity index (χ3v) is 8.41. The molecule has 1 saturated heterocycles. The number of para-hydroxylation sites is 2. The molecule has 0 bridgehead atoms. The Morgan fingerprint density at radius 1 is 0.958 bits per heavy atom. The van der Waals surface area contributed by atoms with Crippen molar-refractivity contribution >= 4 is 30.4 Å². The van der Waals surface area contributed by atoms with Crippen molar-refractivity contribution in [2.45, 2.75) is 36.7 Å². The summed E-state index contributed by atoms with van der Waals surface area (Å²) in [5, 5.41) is 16.8. The molecule has 3 N–H and O–H groups in total. The van der Waals surface area contributed by atoms with Crippen LogP contribution in [0.25, 0.3) is 0 Å². The number of nitrogens with one attached hydrogen (secondary N) is 2. The lowest BCUT2D eigenvalue weighted by atomic mass is 9.77. The van der Waals surface area contributed by atoms with Crippen LogP contribution in [0.4, 0.5) is 11.8 Å². The molecule has 4 heterocycles. The number of nitrogens with zero attached hydrogens (tertiary/aromatic N) is 6. The zero-order valence-electron chi connectivity index (χ0n) is 27.1. The second-order valence-corrected chi connectivity index (χ2v) is 12.3. The summed E-state index contributed by atoms with van der Waals surface area (Å²) in [6.45, 7) is -0.303. The maximum absolute atomic E-state index is 13.2. The van der Waals surface area contributed by atoms with E-state index in [0.717, 1.165) is 16.7 Å². The second kappa shape index (κ2) is 12.8. The number of carbonyl (C=O) groups is 1. The number of carbonyl (C=O) groups excluding carboxylic acids is 1. The molecule has 1 aromatic heterocycles. The van der Waals surface area contributed by atoms with Gasteiger partial charge in [-0.25, -0.2) is 15.0 Å². The van der Waals surface area contributed by atoms with Crippen LogP contribution in [0.2, 0.25) is 0 Å². The highest BCUT2D eigenvalue weighted by Gasteiger charge is 2.50. The summed E-state index contributed by atoms with van der Waals surface area (Å²) in [5.41, 5.74) is 1.66. The van der Waals surface area contributed by atoms with E-state index in [0.29, 0.717) is 23.7 Å². The Hall–Kier alpha value is -5.24.